The number of nitrogens with zero attached hydrogens (tertiary/aromatic N) is 1. The summed E-state index contributed by atoms with van der Waals surface area (Å²) in [4.78, 5) is 17.2. The first kappa shape index (κ1) is 22.0. The van der Waals surface area contributed by atoms with E-state index in [9.17, 15) is 13.6 Å². The van der Waals surface area contributed by atoms with Crippen molar-refractivity contribution in [1.82, 2.24) is 4.98 Å². The Kier molecular flexibility index (Phi) is 6.05. The molecule has 0 bridgehead atoms. The van der Waals surface area contributed by atoms with Gasteiger partial charge in [-0.1, -0.05) is 24.3 Å². The van der Waals surface area contributed by atoms with E-state index >= 15 is 0 Å². The Morgan fingerprint density at radius 2 is 1.49 bits per heavy atom. The summed E-state index contributed by atoms with van der Waals surface area (Å²) in [5.74, 6) is -1.14. The number of rotatable bonds is 6. The largest absolute Gasteiger partial charge is 0.355 e. The van der Waals surface area contributed by atoms with E-state index < -0.39 is 5.82 Å². The zero-order valence-corrected chi connectivity index (χ0v) is 18.4. The van der Waals surface area contributed by atoms with Crippen LogP contribution in [0.3, 0.4) is 0 Å². The summed E-state index contributed by atoms with van der Waals surface area (Å²) >= 11 is 0. The van der Waals surface area contributed by atoms with Gasteiger partial charge >= 0.3 is 0 Å². The zero-order chi connectivity index (χ0) is 24.2. The molecule has 7 heteroatoms. The Hall–Kier alpha value is -4.78. The fraction of sp³-hybridized carbons (Fsp3) is 0. The van der Waals surface area contributed by atoms with Gasteiger partial charge in [0.15, 0.2) is 0 Å². The monoisotopic (exact) mass is 466 g/mol. The van der Waals surface area contributed by atoms with Crippen molar-refractivity contribution in [3.8, 4) is 0 Å². The number of fused-ring (bicyclic) bond motifs is 1. The van der Waals surface area contributed by atoms with Crippen molar-refractivity contribution in [2.45, 2.75) is 0 Å². The van der Waals surface area contributed by atoms with E-state index in [1.807, 2.05) is 36.4 Å². The molecular weight excluding hydrogens is 446 g/mol. The van der Waals surface area contributed by atoms with Crippen LogP contribution in [0.15, 0.2) is 103 Å². The number of carbonyl (C=O) groups excluding carboxylic acids is 1. The van der Waals surface area contributed by atoms with Gasteiger partial charge in [0, 0.05) is 39.9 Å². The minimum atomic E-state index is -0.431. The fourth-order valence-electron chi connectivity index (χ4n) is 3.70. The van der Waals surface area contributed by atoms with E-state index in [4.69, 9.17) is 0 Å². The summed E-state index contributed by atoms with van der Waals surface area (Å²) < 4.78 is 28.1. The molecule has 172 valence electrons. The van der Waals surface area contributed by atoms with Crippen LogP contribution in [0.5, 0.6) is 0 Å². The first-order valence-corrected chi connectivity index (χ1v) is 10.9. The van der Waals surface area contributed by atoms with Crippen LogP contribution in [0.2, 0.25) is 0 Å². The molecule has 0 fully saturated rings. The van der Waals surface area contributed by atoms with E-state index in [2.05, 4.69) is 20.9 Å². The first-order chi connectivity index (χ1) is 17.0. The van der Waals surface area contributed by atoms with Gasteiger partial charge in [0.1, 0.15) is 11.6 Å². The lowest BCUT2D eigenvalue weighted by Crippen LogP contribution is -2.12. The smallest absolute Gasteiger partial charge is 0.255 e. The molecule has 0 aliphatic carbocycles. The van der Waals surface area contributed by atoms with E-state index in [-0.39, 0.29) is 17.4 Å². The molecule has 0 unspecified atom stereocenters. The maximum absolute atomic E-state index is 14.3. The third-order valence-corrected chi connectivity index (χ3v) is 5.38. The topological polar surface area (TPSA) is 66.1 Å². The molecule has 0 atom stereocenters. The minimum absolute atomic E-state index is 0.251. The number of anilines is 5. The molecule has 3 N–H and O–H groups in total. The number of aromatic nitrogens is 1. The number of halogens is 2. The van der Waals surface area contributed by atoms with Crippen molar-refractivity contribution < 1.29 is 13.6 Å². The highest BCUT2D eigenvalue weighted by molar-refractivity contribution is 6.05. The number of para-hydroxylation sites is 1. The molecule has 35 heavy (non-hydrogen) atoms. The summed E-state index contributed by atoms with van der Waals surface area (Å²) in [6, 6.07) is 26.6. The average molecular weight is 466 g/mol. The molecule has 1 amide bonds. The lowest BCUT2D eigenvalue weighted by atomic mass is 10.1. The second-order valence-corrected chi connectivity index (χ2v) is 7.87. The number of pyridine rings is 1. The first-order valence-electron chi connectivity index (χ1n) is 10.9. The highest BCUT2D eigenvalue weighted by atomic mass is 19.1. The van der Waals surface area contributed by atoms with E-state index in [1.165, 1.54) is 24.3 Å². The number of hydrogen-bond donors (Lipinski definition) is 3. The maximum atomic E-state index is 14.3. The third-order valence-electron chi connectivity index (χ3n) is 5.38. The Balaban J connectivity index is 1.34. The van der Waals surface area contributed by atoms with E-state index in [0.29, 0.717) is 33.5 Å². The number of carbonyl (C=O) groups is 1. The number of hydrogen-bond acceptors (Lipinski definition) is 4. The number of amides is 1. The van der Waals surface area contributed by atoms with Gasteiger partial charge in [0.25, 0.3) is 5.91 Å². The molecule has 1 aromatic heterocycles. The Morgan fingerprint density at radius 3 is 2.34 bits per heavy atom. The van der Waals surface area contributed by atoms with E-state index in [1.54, 1.807) is 42.6 Å². The van der Waals surface area contributed by atoms with Gasteiger partial charge in [-0.25, -0.2) is 8.78 Å². The van der Waals surface area contributed by atoms with Crippen molar-refractivity contribution in [2.75, 3.05) is 16.0 Å². The van der Waals surface area contributed by atoms with Gasteiger partial charge in [-0.2, -0.15) is 0 Å². The van der Waals surface area contributed by atoms with Crippen LogP contribution in [0.1, 0.15) is 10.4 Å². The molecule has 0 radical (unpaired) electrons. The van der Waals surface area contributed by atoms with Crippen LogP contribution in [-0.2, 0) is 0 Å². The highest BCUT2D eigenvalue weighted by Gasteiger charge is 2.11. The predicted octanol–water partition coefficient (Wildman–Crippen LogP) is 7.25. The van der Waals surface area contributed by atoms with Crippen LogP contribution in [0.4, 0.5) is 37.2 Å². The molecule has 5 rings (SSSR count). The lowest BCUT2D eigenvalue weighted by molar-refractivity contribution is 0.102. The summed E-state index contributed by atoms with van der Waals surface area (Å²) in [6.45, 7) is 0. The standard InChI is InChI=1S/C28H20F2N4O/c29-19-9-12-25-23(16-19)26(13-14-31-25)33-21-8-4-5-18(15-21)28(35)34-22-10-11-24(30)27(17-22)32-20-6-2-1-3-7-20/h1-17,32H,(H,31,33)(H,34,35). The molecule has 0 saturated heterocycles. The van der Waals surface area contributed by atoms with Crippen molar-refractivity contribution in [3.05, 3.63) is 120 Å². The molecular formula is C28H20F2N4O. The molecule has 0 saturated carbocycles. The second-order valence-electron chi connectivity index (χ2n) is 7.87. The van der Waals surface area contributed by atoms with Crippen molar-refractivity contribution >= 4 is 45.2 Å². The quantitative estimate of drug-likeness (QED) is 0.247. The van der Waals surface area contributed by atoms with Crippen molar-refractivity contribution in [2.24, 2.45) is 0 Å². The van der Waals surface area contributed by atoms with Gasteiger partial charge in [-0.3, -0.25) is 9.78 Å². The summed E-state index contributed by atoms with van der Waals surface area (Å²) in [5.41, 5.74) is 3.81. The van der Waals surface area contributed by atoms with E-state index in [0.717, 1.165) is 5.69 Å². The number of benzene rings is 4. The number of nitrogens with one attached hydrogen (secondary N) is 3. The second kappa shape index (κ2) is 9.61. The zero-order valence-electron chi connectivity index (χ0n) is 18.4. The molecule has 4 aromatic carbocycles. The summed E-state index contributed by atoms with van der Waals surface area (Å²) in [7, 11) is 0. The van der Waals surface area contributed by atoms with Crippen LogP contribution < -0.4 is 16.0 Å². The van der Waals surface area contributed by atoms with Gasteiger partial charge < -0.3 is 16.0 Å². The van der Waals surface area contributed by atoms with Crippen LogP contribution >= 0.6 is 0 Å². The van der Waals surface area contributed by atoms with Gasteiger partial charge in [-0.05, 0) is 72.8 Å². The summed E-state index contributed by atoms with van der Waals surface area (Å²) in [6.07, 6.45) is 1.63. The average Bonchev–Trinajstić information content (AvgIpc) is 2.87. The highest BCUT2D eigenvalue weighted by Crippen LogP contribution is 2.27. The van der Waals surface area contributed by atoms with Crippen molar-refractivity contribution in [1.29, 1.82) is 0 Å². The molecule has 0 aliphatic heterocycles. The Bertz CT molecular complexity index is 1520. The SMILES string of the molecule is O=C(Nc1ccc(F)c(Nc2ccccc2)c1)c1cccc(Nc2ccnc3ccc(F)cc23)c1. The van der Waals surface area contributed by atoms with Crippen molar-refractivity contribution in [3.63, 3.8) is 0 Å². The molecule has 5 aromatic rings. The fourth-order valence-corrected chi connectivity index (χ4v) is 3.70. The summed E-state index contributed by atoms with van der Waals surface area (Å²) in [5, 5.41) is 9.68. The Morgan fingerprint density at radius 1 is 0.686 bits per heavy atom. The van der Waals surface area contributed by atoms with Gasteiger partial charge in [0.05, 0.1) is 11.2 Å². The van der Waals surface area contributed by atoms with Gasteiger partial charge in [-0.15, -0.1) is 0 Å². The molecule has 1 heterocycles. The normalized spacial score (nSPS) is 10.7. The van der Waals surface area contributed by atoms with Crippen LogP contribution in [0.25, 0.3) is 10.9 Å². The molecule has 0 aliphatic rings. The maximum Gasteiger partial charge on any atom is 0.255 e. The third kappa shape index (κ3) is 5.09. The van der Waals surface area contributed by atoms with Gasteiger partial charge in [0.2, 0.25) is 0 Å². The molecule has 0 spiro atoms. The minimum Gasteiger partial charge on any atom is -0.355 e. The Labute approximate surface area is 200 Å². The lowest BCUT2D eigenvalue weighted by Gasteiger charge is -2.12. The van der Waals surface area contributed by atoms with Crippen LogP contribution in [0, 0.1) is 11.6 Å². The van der Waals surface area contributed by atoms with Crippen LogP contribution in [-0.4, -0.2) is 10.9 Å². The molecule has 5 nitrogen and oxygen atoms in total. The predicted molar refractivity (Wildman–Crippen MR) is 136 cm³/mol.